The van der Waals surface area contributed by atoms with E-state index >= 15 is 0 Å². The first-order valence-electron chi connectivity index (χ1n) is 8.46. The zero-order valence-electron chi connectivity index (χ0n) is 14.5. The molecule has 0 unspecified atom stereocenters. The van der Waals surface area contributed by atoms with E-state index in [1.54, 1.807) is 24.3 Å². The molecule has 1 aliphatic rings. The molecule has 1 aliphatic heterocycles. The topological polar surface area (TPSA) is 61.4 Å². The number of carbonyl (C=O) groups excluding carboxylic acids is 1. The van der Waals surface area contributed by atoms with Gasteiger partial charge in [0.05, 0.1) is 0 Å². The Hall–Kier alpha value is -2.34. The molecule has 1 aromatic carbocycles. The summed E-state index contributed by atoms with van der Waals surface area (Å²) in [5, 5.41) is 3.81. The first-order valence-corrected chi connectivity index (χ1v) is 8.84. The van der Waals surface area contributed by atoms with Crippen molar-refractivity contribution in [2.24, 2.45) is 0 Å². The predicted molar refractivity (Wildman–Crippen MR) is 101 cm³/mol. The van der Waals surface area contributed by atoms with Crippen LogP contribution >= 0.6 is 11.6 Å². The Kier molecular flexibility index (Phi) is 5.38. The summed E-state index contributed by atoms with van der Waals surface area (Å²) in [6.45, 7) is 7.55. The number of aromatic nitrogens is 2. The van der Waals surface area contributed by atoms with E-state index in [0.29, 0.717) is 23.7 Å². The average molecular weight is 360 g/mol. The van der Waals surface area contributed by atoms with Crippen LogP contribution in [0.4, 0.5) is 11.6 Å². The molecule has 3 rings (SSSR count). The molecule has 6 nitrogen and oxygen atoms in total. The number of nitrogens with one attached hydrogen (secondary N) is 1. The lowest BCUT2D eigenvalue weighted by atomic mass is 10.2. The fraction of sp³-hybridized carbons (Fsp3) is 0.389. The third-order valence-corrected chi connectivity index (χ3v) is 4.38. The molecule has 25 heavy (non-hydrogen) atoms. The molecule has 0 spiro atoms. The standard InChI is InChI=1S/C18H22ClN5O/c1-3-20-16-12-17(22-13(2)21-16)23-7-9-24(10-8-23)18(25)14-5-4-6-15(19)11-14/h4-6,11-12H,3,7-10H2,1-2H3,(H,20,21,22). The summed E-state index contributed by atoms with van der Waals surface area (Å²) >= 11 is 5.99. The van der Waals surface area contributed by atoms with E-state index in [0.717, 1.165) is 37.1 Å². The molecule has 7 heteroatoms. The first-order chi connectivity index (χ1) is 12.1. The molecule has 2 heterocycles. The lowest BCUT2D eigenvalue weighted by molar-refractivity contribution is 0.0746. The maximum atomic E-state index is 12.6. The monoisotopic (exact) mass is 359 g/mol. The van der Waals surface area contributed by atoms with Crippen molar-refractivity contribution in [3.05, 3.63) is 46.7 Å². The summed E-state index contributed by atoms with van der Waals surface area (Å²) < 4.78 is 0. The normalized spacial score (nSPS) is 14.5. The molecule has 1 amide bonds. The van der Waals surface area contributed by atoms with Gasteiger partial charge in [-0.25, -0.2) is 9.97 Å². The zero-order chi connectivity index (χ0) is 17.8. The van der Waals surface area contributed by atoms with E-state index in [1.807, 2.05) is 24.8 Å². The van der Waals surface area contributed by atoms with Gasteiger partial charge in [-0.05, 0) is 32.0 Å². The number of rotatable bonds is 4. The van der Waals surface area contributed by atoms with Crippen molar-refractivity contribution in [2.45, 2.75) is 13.8 Å². The van der Waals surface area contributed by atoms with Crippen molar-refractivity contribution in [3.63, 3.8) is 0 Å². The lowest BCUT2D eigenvalue weighted by Gasteiger charge is -2.35. The summed E-state index contributed by atoms with van der Waals surface area (Å²) in [6.07, 6.45) is 0. The highest BCUT2D eigenvalue weighted by atomic mass is 35.5. The van der Waals surface area contributed by atoms with Crippen LogP contribution in [0.5, 0.6) is 0 Å². The fourth-order valence-electron chi connectivity index (χ4n) is 2.93. The molecule has 0 radical (unpaired) electrons. The van der Waals surface area contributed by atoms with Crippen molar-refractivity contribution in [3.8, 4) is 0 Å². The number of carbonyl (C=O) groups is 1. The Labute approximate surface area is 152 Å². The Bertz CT molecular complexity index is 759. The molecule has 2 aromatic rings. The van der Waals surface area contributed by atoms with Crippen LogP contribution in [-0.2, 0) is 0 Å². The maximum absolute atomic E-state index is 12.6. The lowest BCUT2D eigenvalue weighted by Crippen LogP contribution is -2.49. The Balaban J connectivity index is 1.66. The van der Waals surface area contributed by atoms with Crippen LogP contribution < -0.4 is 10.2 Å². The number of amides is 1. The van der Waals surface area contributed by atoms with Crippen LogP contribution in [-0.4, -0.2) is 53.5 Å². The summed E-state index contributed by atoms with van der Waals surface area (Å²) in [4.78, 5) is 25.6. The van der Waals surface area contributed by atoms with Gasteiger partial charge < -0.3 is 15.1 Å². The van der Waals surface area contributed by atoms with Crippen LogP contribution in [0.3, 0.4) is 0 Å². The predicted octanol–water partition coefficient (Wildman–Crippen LogP) is 2.83. The summed E-state index contributed by atoms with van der Waals surface area (Å²) in [6, 6.07) is 9.06. The average Bonchev–Trinajstić information content (AvgIpc) is 2.61. The van der Waals surface area contributed by atoms with Gasteiger partial charge in [-0.2, -0.15) is 0 Å². The summed E-state index contributed by atoms with van der Waals surface area (Å²) in [5.41, 5.74) is 0.633. The number of halogens is 1. The van der Waals surface area contributed by atoms with Gasteiger partial charge in [-0.15, -0.1) is 0 Å². The van der Waals surface area contributed by atoms with Crippen molar-refractivity contribution in [2.75, 3.05) is 42.9 Å². The number of benzene rings is 1. The zero-order valence-corrected chi connectivity index (χ0v) is 15.3. The highest BCUT2D eigenvalue weighted by molar-refractivity contribution is 6.30. The Morgan fingerprint density at radius 2 is 1.96 bits per heavy atom. The molecule has 1 fully saturated rings. The Morgan fingerprint density at radius 3 is 2.64 bits per heavy atom. The highest BCUT2D eigenvalue weighted by Gasteiger charge is 2.23. The van der Waals surface area contributed by atoms with Gasteiger partial charge in [-0.1, -0.05) is 17.7 Å². The number of piperazine rings is 1. The quantitative estimate of drug-likeness (QED) is 0.909. The molecule has 1 saturated heterocycles. The molecule has 0 bridgehead atoms. The minimum Gasteiger partial charge on any atom is -0.370 e. The number of hydrogen-bond acceptors (Lipinski definition) is 5. The van der Waals surface area contributed by atoms with Crippen LogP contribution in [0, 0.1) is 6.92 Å². The molecular formula is C18H22ClN5O. The van der Waals surface area contributed by atoms with Crippen molar-refractivity contribution < 1.29 is 4.79 Å². The second-order valence-corrected chi connectivity index (χ2v) is 6.41. The molecule has 0 aliphatic carbocycles. The number of aryl methyl sites for hydroxylation is 1. The van der Waals surface area contributed by atoms with Crippen LogP contribution in [0.2, 0.25) is 5.02 Å². The fourth-order valence-corrected chi connectivity index (χ4v) is 3.12. The molecule has 1 N–H and O–H groups in total. The van der Waals surface area contributed by atoms with Gasteiger partial charge in [0.2, 0.25) is 0 Å². The third-order valence-electron chi connectivity index (χ3n) is 4.14. The molecular weight excluding hydrogens is 338 g/mol. The van der Waals surface area contributed by atoms with Crippen LogP contribution in [0.15, 0.2) is 30.3 Å². The molecule has 132 valence electrons. The van der Waals surface area contributed by atoms with E-state index in [2.05, 4.69) is 20.2 Å². The highest BCUT2D eigenvalue weighted by Crippen LogP contribution is 2.19. The van der Waals surface area contributed by atoms with E-state index in [9.17, 15) is 4.79 Å². The van der Waals surface area contributed by atoms with Gasteiger partial charge in [0.1, 0.15) is 17.5 Å². The van der Waals surface area contributed by atoms with Crippen molar-refractivity contribution in [1.82, 2.24) is 14.9 Å². The van der Waals surface area contributed by atoms with Gasteiger partial charge in [0.25, 0.3) is 5.91 Å². The molecule has 0 saturated carbocycles. The number of anilines is 2. The van der Waals surface area contributed by atoms with Gasteiger partial charge in [0.15, 0.2) is 0 Å². The second kappa shape index (κ2) is 7.70. The van der Waals surface area contributed by atoms with E-state index in [1.165, 1.54) is 0 Å². The third kappa shape index (κ3) is 4.20. The van der Waals surface area contributed by atoms with Gasteiger partial charge in [0, 0.05) is 49.4 Å². The Morgan fingerprint density at radius 1 is 1.20 bits per heavy atom. The molecule has 1 aromatic heterocycles. The van der Waals surface area contributed by atoms with Crippen LogP contribution in [0.1, 0.15) is 23.1 Å². The van der Waals surface area contributed by atoms with Crippen LogP contribution in [0.25, 0.3) is 0 Å². The second-order valence-electron chi connectivity index (χ2n) is 5.98. The summed E-state index contributed by atoms with van der Waals surface area (Å²) in [7, 11) is 0. The summed E-state index contributed by atoms with van der Waals surface area (Å²) in [5.74, 6) is 2.50. The number of nitrogens with zero attached hydrogens (tertiary/aromatic N) is 4. The van der Waals surface area contributed by atoms with E-state index < -0.39 is 0 Å². The SMILES string of the molecule is CCNc1cc(N2CCN(C(=O)c3cccc(Cl)c3)CC2)nc(C)n1. The number of hydrogen-bond donors (Lipinski definition) is 1. The van der Waals surface area contributed by atoms with Gasteiger partial charge in [-0.3, -0.25) is 4.79 Å². The minimum atomic E-state index is 0.0226. The first kappa shape index (κ1) is 17.5. The largest absolute Gasteiger partial charge is 0.370 e. The molecule has 0 atom stereocenters. The maximum Gasteiger partial charge on any atom is 0.254 e. The smallest absolute Gasteiger partial charge is 0.254 e. The van der Waals surface area contributed by atoms with Crippen molar-refractivity contribution >= 4 is 29.1 Å². The van der Waals surface area contributed by atoms with Crippen molar-refractivity contribution in [1.29, 1.82) is 0 Å². The van der Waals surface area contributed by atoms with Gasteiger partial charge >= 0.3 is 0 Å². The van der Waals surface area contributed by atoms with E-state index in [-0.39, 0.29) is 5.91 Å². The minimum absolute atomic E-state index is 0.0226. The van der Waals surface area contributed by atoms with E-state index in [4.69, 9.17) is 11.6 Å².